The lowest BCUT2D eigenvalue weighted by Crippen LogP contribution is -2.31. The Morgan fingerprint density at radius 1 is 1.02 bits per heavy atom. The molecule has 4 rings (SSSR count). The van der Waals surface area contributed by atoms with Gasteiger partial charge in [0.1, 0.15) is 0 Å². The molecule has 1 aliphatic carbocycles. The van der Waals surface area contributed by atoms with Crippen LogP contribution in [0.5, 0.6) is 0 Å². The largest absolute Gasteiger partial charge is 0.481 e. The molecule has 5 nitrogen and oxygen atoms in total. The Morgan fingerprint density at radius 3 is 2.51 bits per heavy atom. The quantitative estimate of drug-likeness (QED) is 0.163. The Bertz CT molecular complexity index is 1260. The van der Waals surface area contributed by atoms with Crippen LogP contribution in [0.4, 0.5) is 5.69 Å². The highest BCUT2D eigenvalue weighted by Crippen LogP contribution is 2.36. The number of hydrogen-bond acceptors (Lipinski definition) is 4. The Labute approximate surface area is 246 Å². The third-order valence-corrected chi connectivity index (χ3v) is 8.71. The fourth-order valence-corrected chi connectivity index (χ4v) is 5.47. The van der Waals surface area contributed by atoms with E-state index in [2.05, 4.69) is 47.8 Å². The summed E-state index contributed by atoms with van der Waals surface area (Å²) in [6, 6.07) is 23.4. The van der Waals surface area contributed by atoms with E-state index in [0.29, 0.717) is 32.4 Å². The van der Waals surface area contributed by atoms with E-state index in [4.69, 9.17) is 9.72 Å². The van der Waals surface area contributed by atoms with Gasteiger partial charge in [-0.25, -0.2) is 0 Å². The number of nitrogens with zero attached hydrogens (tertiary/aromatic N) is 1. The van der Waals surface area contributed by atoms with Crippen molar-refractivity contribution in [2.24, 2.45) is 5.41 Å². The number of anilines is 1. The molecule has 0 atom stereocenters. The first-order chi connectivity index (χ1) is 20.0. The van der Waals surface area contributed by atoms with Crippen LogP contribution in [-0.4, -0.2) is 29.2 Å². The lowest BCUT2D eigenvalue weighted by atomic mass is 9.79. The summed E-state index contributed by atoms with van der Waals surface area (Å²) < 4.78 is 5.92. The minimum atomic E-state index is -0.707. The number of rotatable bonds is 17. The van der Waals surface area contributed by atoms with Crippen molar-refractivity contribution in [3.05, 3.63) is 94.8 Å². The Morgan fingerprint density at radius 2 is 1.80 bits per heavy atom. The van der Waals surface area contributed by atoms with E-state index in [1.807, 2.05) is 50.3 Å². The van der Waals surface area contributed by atoms with E-state index in [0.717, 1.165) is 54.4 Å². The molecule has 218 valence electrons. The van der Waals surface area contributed by atoms with Crippen molar-refractivity contribution in [2.75, 3.05) is 18.5 Å². The first-order valence-corrected chi connectivity index (χ1v) is 15.4. The van der Waals surface area contributed by atoms with Crippen LogP contribution in [0, 0.1) is 5.41 Å². The van der Waals surface area contributed by atoms with Gasteiger partial charge in [0.2, 0.25) is 0 Å². The van der Waals surface area contributed by atoms with E-state index in [-0.39, 0.29) is 0 Å². The summed E-state index contributed by atoms with van der Waals surface area (Å²) in [4.78, 5) is 16.5. The smallest absolute Gasteiger partial charge is 0.309 e. The van der Waals surface area contributed by atoms with Crippen LogP contribution in [-0.2, 0) is 22.6 Å². The molecule has 0 aliphatic heterocycles. The fourth-order valence-electron chi connectivity index (χ4n) is 5.47. The third-order valence-electron chi connectivity index (χ3n) is 8.71. The van der Waals surface area contributed by atoms with E-state index in [1.54, 1.807) is 0 Å². The van der Waals surface area contributed by atoms with E-state index in [1.165, 1.54) is 30.4 Å². The van der Waals surface area contributed by atoms with Gasteiger partial charge in [-0.1, -0.05) is 68.8 Å². The second-order valence-electron chi connectivity index (χ2n) is 11.4. The van der Waals surface area contributed by atoms with Crippen molar-refractivity contribution in [2.45, 2.75) is 84.2 Å². The number of benzene rings is 2. The molecule has 5 heteroatoms. The third kappa shape index (κ3) is 9.02. The van der Waals surface area contributed by atoms with Crippen molar-refractivity contribution in [1.82, 2.24) is 4.98 Å². The zero-order valence-electron chi connectivity index (χ0n) is 24.8. The van der Waals surface area contributed by atoms with Crippen LogP contribution in [0.2, 0.25) is 0 Å². The van der Waals surface area contributed by atoms with Crippen LogP contribution < -0.4 is 5.32 Å². The SMILES string of the molecule is CCC(CC)(CCNc1cccc(C=Cc2cccc(COCCCCc3ccc(C4CCC4)cc3)n2)c1)C(=O)O. The number of aromatic nitrogens is 1. The van der Waals surface area contributed by atoms with Crippen molar-refractivity contribution >= 4 is 23.8 Å². The molecule has 1 saturated carbocycles. The number of hydrogen-bond donors (Lipinski definition) is 2. The molecule has 2 aromatic carbocycles. The Kier molecular flexibility index (Phi) is 11.6. The van der Waals surface area contributed by atoms with E-state index in [9.17, 15) is 9.90 Å². The molecule has 1 aromatic heterocycles. The first kappa shape index (κ1) is 30.5. The maximum Gasteiger partial charge on any atom is 0.309 e. The maximum atomic E-state index is 11.8. The molecule has 0 radical (unpaired) electrons. The summed E-state index contributed by atoms with van der Waals surface area (Å²) in [5.41, 5.74) is 6.15. The summed E-state index contributed by atoms with van der Waals surface area (Å²) in [6.07, 6.45) is 13.3. The molecule has 0 saturated heterocycles. The minimum Gasteiger partial charge on any atom is -0.481 e. The molecule has 0 spiro atoms. The average Bonchev–Trinajstić information content (AvgIpc) is 2.96. The lowest BCUT2D eigenvalue weighted by Gasteiger charge is -2.26. The van der Waals surface area contributed by atoms with Crippen LogP contribution in [0.3, 0.4) is 0 Å². The number of carboxylic acids is 1. The molecule has 1 heterocycles. The van der Waals surface area contributed by atoms with Crippen molar-refractivity contribution < 1.29 is 14.6 Å². The second kappa shape index (κ2) is 15.5. The maximum absolute atomic E-state index is 11.8. The molecule has 0 unspecified atom stereocenters. The standard InChI is InChI=1S/C36H46N2O3/c1-3-36(4-2,35(39)40)23-24-37-33-15-7-11-29(26-33)19-22-32-14-9-16-34(38-32)27-41-25-6-5-10-28-17-20-31(21-18-28)30-12-8-13-30/h7,9,11,14-22,26,30,37H,3-6,8,10,12-13,23-25,27H2,1-2H3,(H,39,40). The van der Waals surface area contributed by atoms with Crippen molar-refractivity contribution in [1.29, 1.82) is 0 Å². The number of aliphatic carboxylic acids is 1. The zero-order chi connectivity index (χ0) is 28.9. The molecule has 3 aromatic rings. The van der Waals surface area contributed by atoms with Gasteiger partial charge in [0.25, 0.3) is 0 Å². The van der Waals surface area contributed by atoms with Gasteiger partial charge >= 0.3 is 5.97 Å². The second-order valence-corrected chi connectivity index (χ2v) is 11.4. The number of carboxylic acid groups (broad SMARTS) is 1. The average molecular weight is 555 g/mol. The summed E-state index contributed by atoms with van der Waals surface area (Å²) in [7, 11) is 0. The van der Waals surface area contributed by atoms with Gasteiger partial charge in [-0.15, -0.1) is 0 Å². The first-order valence-electron chi connectivity index (χ1n) is 15.4. The molecule has 0 bridgehead atoms. The van der Waals surface area contributed by atoms with Gasteiger partial charge in [-0.05, 0) is 104 Å². The van der Waals surface area contributed by atoms with Gasteiger partial charge in [-0.2, -0.15) is 0 Å². The lowest BCUT2D eigenvalue weighted by molar-refractivity contribution is -0.149. The highest BCUT2D eigenvalue weighted by atomic mass is 16.5. The van der Waals surface area contributed by atoms with Crippen LogP contribution in [0.25, 0.3) is 12.2 Å². The number of unbranched alkanes of at least 4 members (excludes halogenated alkanes) is 1. The predicted molar refractivity (Wildman–Crippen MR) is 169 cm³/mol. The molecule has 0 amide bonds. The molecular weight excluding hydrogens is 508 g/mol. The number of carbonyl (C=O) groups is 1. The van der Waals surface area contributed by atoms with Gasteiger partial charge in [0.15, 0.2) is 0 Å². The Hall–Kier alpha value is -3.44. The predicted octanol–water partition coefficient (Wildman–Crippen LogP) is 8.75. The van der Waals surface area contributed by atoms with Crippen LogP contribution >= 0.6 is 0 Å². The van der Waals surface area contributed by atoms with Crippen LogP contribution in [0.1, 0.15) is 99.2 Å². The molecule has 1 fully saturated rings. The molecular formula is C36H46N2O3. The molecule has 41 heavy (non-hydrogen) atoms. The fraction of sp³-hybridized carbons (Fsp3) is 0.444. The normalized spacial score (nSPS) is 13.8. The summed E-state index contributed by atoms with van der Waals surface area (Å²) in [5.74, 6) is 0.0977. The number of aryl methyl sites for hydroxylation is 1. The van der Waals surface area contributed by atoms with Crippen LogP contribution in [0.15, 0.2) is 66.7 Å². The summed E-state index contributed by atoms with van der Waals surface area (Å²) in [6.45, 7) is 5.79. The van der Waals surface area contributed by atoms with Gasteiger partial charge in [0.05, 0.1) is 23.4 Å². The highest BCUT2D eigenvalue weighted by molar-refractivity contribution is 5.74. The monoisotopic (exact) mass is 554 g/mol. The highest BCUT2D eigenvalue weighted by Gasteiger charge is 2.34. The summed E-state index contributed by atoms with van der Waals surface area (Å²) in [5, 5.41) is 13.1. The van der Waals surface area contributed by atoms with E-state index < -0.39 is 11.4 Å². The topological polar surface area (TPSA) is 71.5 Å². The van der Waals surface area contributed by atoms with Gasteiger partial charge in [0, 0.05) is 18.8 Å². The molecule has 1 aliphatic rings. The van der Waals surface area contributed by atoms with Crippen molar-refractivity contribution in [3.63, 3.8) is 0 Å². The molecule has 2 N–H and O–H groups in total. The Balaban J connectivity index is 1.18. The number of nitrogens with one attached hydrogen (secondary N) is 1. The zero-order valence-corrected chi connectivity index (χ0v) is 24.8. The number of pyridine rings is 1. The summed E-state index contributed by atoms with van der Waals surface area (Å²) >= 11 is 0. The van der Waals surface area contributed by atoms with E-state index >= 15 is 0 Å². The minimum absolute atomic E-state index is 0.518. The van der Waals surface area contributed by atoms with Gasteiger partial charge in [-0.3, -0.25) is 9.78 Å². The van der Waals surface area contributed by atoms with Crippen molar-refractivity contribution in [3.8, 4) is 0 Å². The number of ether oxygens (including phenoxy) is 1. The van der Waals surface area contributed by atoms with Gasteiger partial charge < -0.3 is 15.2 Å².